The van der Waals surface area contributed by atoms with Crippen molar-refractivity contribution in [2.24, 2.45) is 5.73 Å². The molecule has 2 amide bonds. The average Bonchev–Trinajstić information content (AvgIpc) is 2.61. The molecule has 2 atom stereocenters. The fourth-order valence-electron chi connectivity index (χ4n) is 3.49. The Morgan fingerprint density at radius 3 is 2.50 bits per heavy atom. The van der Waals surface area contributed by atoms with Gasteiger partial charge in [-0.05, 0) is 31.0 Å². The Labute approximate surface area is 152 Å². The first kappa shape index (κ1) is 17.8. The molecule has 0 spiro atoms. The molecule has 1 aliphatic heterocycles. The van der Waals surface area contributed by atoms with Crippen molar-refractivity contribution in [3.05, 3.63) is 65.2 Å². The van der Waals surface area contributed by atoms with Gasteiger partial charge in [-0.2, -0.15) is 5.26 Å². The number of nitrogens with two attached hydrogens (primary N) is 1. The highest BCUT2D eigenvalue weighted by Crippen LogP contribution is 2.50. The SMILES string of the molecule is CC1(C)Oc2ccccc2C(c2ccccc2CNC(N)=O)C1(O)C#N. The third-order valence-corrected chi connectivity index (χ3v) is 4.92. The Morgan fingerprint density at radius 1 is 1.23 bits per heavy atom. The van der Waals surface area contributed by atoms with Crippen molar-refractivity contribution in [2.75, 3.05) is 0 Å². The lowest BCUT2D eigenvalue weighted by atomic mass is 9.67. The van der Waals surface area contributed by atoms with E-state index in [0.717, 1.165) is 16.7 Å². The molecule has 0 fully saturated rings. The van der Waals surface area contributed by atoms with Gasteiger partial charge in [-0.25, -0.2) is 4.79 Å². The van der Waals surface area contributed by atoms with Crippen LogP contribution in [0.3, 0.4) is 0 Å². The number of aliphatic hydroxyl groups is 1. The first-order chi connectivity index (χ1) is 12.3. The minimum Gasteiger partial charge on any atom is -0.483 e. The van der Waals surface area contributed by atoms with E-state index in [0.29, 0.717) is 5.75 Å². The topological polar surface area (TPSA) is 108 Å². The molecule has 2 aromatic carbocycles. The zero-order chi connectivity index (χ0) is 18.9. The zero-order valence-electron chi connectivity index (χ0n) is 14.7. The van der Waals surface area contributed by atoms with Crippen LogP contribution in [-0.4, -0.2) is 22.3 Å². The number of rotatable bonds is 3. The molecule has 3 rings (SSSR count). The lowest BCUT2D eigenvalue weighted by molar-refractivity contribution is -0.100. The second kappa shape index (κ2) is 6.36. The van der Waals surface area contributed by atoms with Gasteiger partial charge in [-0.3, -0.25) is 0 Å². The van der Waals surface area contributed by atoms with Crippen LogP contribution in [0.2, 0.25) is 0 Å². The number of benzene rings is 2. The van der Waals surface area contributed by atoms with E-state index in [1.54, 1.807) is 13.8 Å². The van der Waals surface area contributed by atoms with E-state index >= 15 is 0 Å². The maximum atomic E-state index is 11.4. The molecule has 134 valence electrons. The number of hydrogen-bond acceptors (Lipinski definition) is 4. The van der Waals surface area contributed by atoms with Crippen LogP contribution in [0.25, 0.3) is 0 Å². The number of primary amides is 1. The van der Waals surface area contributed by atoms with Crippen LogP contribution in [0.15, 0.2) is 48.5 Å². The van der Waals surface area contributed by atoms with Crippen LogP contribution >= 0.6 is 0 Å². The zero-order valence-corrected chi connectivity index (χ0v) is 14.7. The number of nitrogens with zero attached hydrogens (tertiary/aromatic N) is 1. The Bertz CT molecular complexity index is 888. The lowest BCUT2D eigenvalue weighted by Gasteiger charge is -2.47. The number of para-hydroxylation sites is 1. The van der Waals surface area contributed by atoms with Gasteiger partial charge in [0.1, 0.15) is 17.4 Å². The van der Waals surface area contributed by atoms with Gasteiger partial charge in [0.2, 0.25) is 5.60 Å². The minimum absolute atomic E-state index is 0.201. The van der Waals surface area contributed by atoms with Gasteiger partial charge >= 0.3 is 6.03 Å². The van der Waals surface area contributed by atoms with Gasteiger partial charge in [0.05, 0.1) is 5.92 Å². The maximum absolute atomic E-state index is 11.4. The van der Waals surface area contributed by atoms with Gasteiger partial charge in [-0.1, -0.05) is 42.5 Å². The average molecular weight is 351 g/mol. The van der Waals surface area contributed by atoms with E-state index in [2.05, 4.69) is 11.4 Å². The second-order valence-corrected chi connectivity index (χ2v) is 6.88. The van der Waals surface area contributed by atoms with E-state index < -0.39 is 23.2 Å². The summed E-state index contributed by atoms with van der Waals surface area (Å²) in [5.74, 6) is -0.0154. The summed E-state index contributed by atoms with van der Waals surface area (Å²) in [7, 11) is 0. The highest BCUT2D eigenvalue weighted by Gasteiger charge is 2.57. The summed E-state index contributed by atoms with van der Waals surface area (Å²) in [6.45, 7) is 3.60. The Kier molecular flexibility index (Phi) is 4.34. The van der Waals surface area contributed by atoms with Crippen molar-refractivity contribution < 1.29 is 14.6 Å². The number of hydrogen-bond donors (Lipinski definition) is 3. The van der Waals surface area contributed by atoms with E-state index in [4.69, 9.17) is 10.5 Å². The molecule has 1 aliphatic rings. The van der Waals surface area contributed by atoms with Crippen molar-refractivity contribution in [2.45, 2.75) is 37.5 Å². The van der Waals surface area contributed by atoms with Gasteiger partial charge in [0.25, 0.3) is 0 Å². The molecular weight excluding hydrogens is 330 g/mol. The summed E-state index contributed by atoms with van der Waals surface area (Å²) < 4.78 is 5.95. The normalized spacial score (nSPS) is 23.2. The molecule has 4 N–H and O–H groups in total. The quantitative estimate of drug-likeness (QED) is 0.738. The van der Waals surface area contributed by atoms with Gasteiger partial charge in [0.15, 0.2) is 0 Å². The summed E-state index contributed by atoms with van der Waals surface area (Å²) in [5.41, 5.74) is 4.51. The second-order valence-electron chi connectivity index (χ2n) is 6.88. The van der Waals surface area contributed by atoms with Crippen LogP contribution in [0, 0.1) is 11.3 Å². The molecule has 6 heteroatoms. The van der Waals surface area contributed by atoms with E-state index in [1.807, 2.05) is 48.5 Å². The molecule has 0 aromatic heterocycles. The predicted octanol–water partition coefficient (Wildman–Crippen LogP) is 2.41. The molecule has 0 saturated heterocycles. The van der Waals surface area contributed by atoms with Gasteiger partial charge in [0, 0.05) is 12.1 Å². The van der Waals surface area contributed by atoms with Crippen LogP contribution in [-0.2, 0) is 6.54 Å². The number of urea groups is 1. The standard InChI is InChI=1S/C20H21N3O3/c1-19(2)20(25,12-21)17(15-9-5-6-10-16(15)26-19)14-8-4-3-7-13(14)11-23-18(22)24/h3-10,17,25H,11H2,1-2H3,(H3,22,23,24). The molecule has 0 aliphatic carbocycles. The fourth-order valence-corrected chi connectivity index (χ4v) is 3.49. The molecule has 6 nitrogen and oxygen atoms in total. The van der Waals surface area contributed by atoms with Crippen LogP contribution in [0.5, 0.6) is 5.75 Å². The first-order valence-corrected chi connectivity index (χ1v) is 8.33. The van der Waals surface area contributed by atoms with E-state index in [-0.39, 0.29) is 6.54 Å². The Balaban J connectivity index is 2.22. The first-order valence-electron chi connectivity index (χ1n) is 8.33. The molecule has 0 bridgehead atoms. The van der Waals surface area contributed by atoms with E-state index in [9.17, 15) is 15.2 Å². The van der Waals surface area contributed by atoms with Crippen molar-refractivity contribution in [3.8, 4) is 11.8 Å². The van der Waals surface area contributed by atoms with Crippen LogP contribution in [0.4, 0.5) is 4.79 Å². The number of carbonyl (C=O) groups excluding carboxylic acids is 1. The summed E-state index contributed by atoms with van der Waals surface area (Å²) >= 11 is 0. The molecule has 26 heavy (non-hydrogen) atoms. The largest absolute Gasteiger partial charge is 0.483 e. The molecule has 0 radical (unpaired) electrons. The van der Waals surface area contributed by atoms with Crippen molar-refractivity contribution in [3.63, 3.8) is 0 Å². The molecule has 1 heterocycles. The maximum Gasteiger partial charge on any atom is 0.312 e. The smallest absolute Gasteiger partial charge is 0.312 e. The van der Waals surface area contributed by atoms with Gasteiger partial charge in [-0.15, -0.1) is 0 Å². The molecule has 0 saturated carbocycles. The fraction of sp³-hybridized carbons (Fsp3) is 0.300. The Hall–Kier alpha value is -3.04. The van der Waals surface area contributed by atoms with Crippen molar-refractivity contribution in [1.29, 1.82) is 5.26 Å². The molecule has 2 unspecified atom stereocenters. The number of fused-ring (bicyclic) bond motifs is 1. The highest BCUT2D eigenvalue weighted by atomic mass is 16.5. The summed E-state index contributed by atoms with van der Waals surface area (Å²) in [4.78, 5) is 11.1. The third kappa shape index (κ3) is 2.76. The van der Waals surface area contributed by atoms with Crippen molar-refractivity contribution in [1.82, 2.24) is 5.32 Å². The minimum atomic E-state index is -1.80. The number of carbonyl (C=O) groups is 1. The molecular formula is C20H21N3O3. The third-order valence-electron chi connectivity index (χ3n) is 4.92. The molecule has 2 aromatic rings. The van der Waals surface area contributed by atoms with E-state index in [1.165, 1.54) is 0 Å². The van der Waals surface area contributed by atoms with Crippen LogP contribution < -0.4 is 15.8 Å². The lowest BCUT2D eigenvalue weighted by Crippen LogP contribution is -2.59. The van der Waals surface area contributed by atoms with Crippen molar-refractivity contribution >= 4 is 6.03 Å². The summed E-state index contributed by atoms with van der Waals surface area (Å²) in [6.07, 6.45) is 0. The number of ether oxygens (including phenoxy) is 1. The Morgan fingerprint density at radius 2 is 1.85 bits per heavy atom. The predicted molar refractivity (Wildman–Crippen MR) is 96.4 cm³/mol. The summed E-state index contributed by atoms with van der Waals surface area (Å²) in [6, 6.07) is 16.2. The summed E-state index contributed by atoms with van der Waals surface area (Å²) in [5, 5.41) is 23.8. The monoisotopic (exact) mass is 351 g/mol. The van der Waals surface area contributed by atoms with Gasteiger partial charge < -0.3 is 20.9 Å². The number of amides is 2. The highest BCUT2D eigenvalue weighted by molar-refractivity contribution is 5.71. The van der Waals surface area contributed by atoms with Crippen LogP contribution in [0.1, 0.15) is 36.5 Å². The number of nitrogens with one attached hydrogen (secondary N) is 1. The number of nitriles is 1.